The SMILES string of the molecule is CNC(=O)c1cccc2[n+]1CN(c1c(Cl)ccc(NS(=O)(=O)c3cc(Cl)cnc3C)c1F)C2. The second-order valence-electron chi connectivity index (χ2n) is 7.35. The highest BCUT2D eigenvalue weighted by molar-refractivity contribution is 7.92. The Balaban J connectivity index is 1.70. The molecule has 0 saturated carbocycles. The summed E-state index contributed by atoms with van der Waals surface area (Å²) in [4.78, 5) is 17.6. The molecule has 1 aliphatic rings. The number of aryl methyl sites for hydroxylation is 1. The number of nitrogens with one attached hydrogen (secondary N) is 2. The largest absolute Gasteiger partial charge is 0.350 e. The molecule has 0 atom stereocenters. The molecule has 172 valence electrons. The first kappa shape index (κ1) is 23.2. The van der Waals surface area contributed by atoms with Gasteiger partial charge in [0, 0.05) is 25.4 Å². The predicted octanol–water partition coefficient (Wildman–Crippen LogP) is 3.26. The van der Waals surface area contributed by atoms with Crippen LogP contribution in [0.5, 0.6) is 0 Å². The molecule has 0 fully saturated rings. The van der Waals surface area contributed by atoms with E-state index in [0.717, 1.165) is 5.69 Å². The molecule has 3 heterocycles. The number of pyridine rings is 2. The van der Waals surface area contributed by atoms with Gasteiger partial charge < -0.3 is 10.2 Å². The standard InChI is InChI=1S/C21H18Cl2FN5O3S/c1-12-18(8-13(22)9-26-12)33(31,32)27-16-7-6-15(23)20(19(16)24)28-10-14-4-3-5-17(21(30)25-2)29(14)11-28/h3-9,27H,10-11H2,1-2H3/p+1. The summed E-state index contributed by atoms with van der Waals surface area (Å²) < 4.78 is 45.4. The maximum absolute atomic E-state index is 15.6. The number of amides is 1. The molecule has 8 nitrogen and oxygen atoms in total. The van der Waals surface area contributed by atoms with Gasteiger partial charge in [-0.15, -0.1) is 0 Å². The molecule has 33 heavy (non-hydrogen) atoms. The number of hydrogen-bond donors (Lipinski definition) is 2. The number of sulfonamides is 1. The van der Waals surface area contributed by atoms with E-state index in [4.69, 9.17) is 23.2 Å². The van der Waals surface area contributed by atoms with E-state index in [1.165, 1.54) is 38.4 Å². The van der Waals surface area contributed by atoms with Crippen molar-refractivity contribution in [1.29, 1.82) is 0 Å². The fourth-order valence-electron chi connectivity index (χ4n) is 3.65. The zero-order chi connectivity index (χ0) is 23.9. The van der Waals surface area contributed by atoms with E-state index in [-0.39, 0.29) is 51.1 Å². The second kappa shape index (κ2) is 8.77. The third-order valence-electron chi connectivity index (χ3n) is 5.23. The van der Waals surface area contributed by atoms with Crippen molar-refractivity contribution in [3.05, 3.63) is 75.5 Å². The van der Waals surface area contributed by atoms with E-state index in [1.807, 2.05) is 6.07 Å². The minimum absolute atomic E-state index is 0.0179. The average Bonchev–Trinajstić information content (AvgIpc) is 3.20. The Bertz CT molecular complexity index is 1380. The molecular weight excluding hydrogens is 492 g/mol. The van der Waals surface area contributed by atoms with Crippen LogP contribution in [0.25, 0.3) is 0 Å². The van der Waals surface area contributed by atoms with Crippen LogP contribution >= 0.6 is 23.2 Å². The Morgan fingerprint density at radius 3 is 2.73 bits per heavy atom. The zero-order valence-corrected chi connectivity index (χ0v) is 19.9. The summed E-state index contributed by atoms with van der Waals surface area (Å²) in [6, 6.07) is 9.13. The highest BCUT2D eigenvalue weighted by atomic mass is 35.5. The van der Waals surface area contributed by atoms with Gasteiger partial charge in [-0.2, -0.15) is 4.57 Å². The first-order chi connectivity index (χ1) is 15.6. The number of nitrogens with zero attached hydrogens (tertiary/aromatic N) is 3. The van der Waals surface area contributed by atoms with Gasteiger partial charge in [0.2, 0.25) is 12.4 Å². The molecule has 0 spiro atoms. The van der Waals surface area contributed by atoms with Crippen molar-refractivity contribution in [2.75, 3.05) is 16.7 Å². The van der Waals surface area contributed by atoms with E-state index in [1.54, 1.807) is 21.6 Å². The molecule has 2 aromatic heterocycles. The first-order valence-electron chi connectivity index (χ1n) is 9.74. The summed E-state index contributed by atoms with van der Waals surface area (Å²) in [5, 5.41) is 2.82. The lowest BCUT2D eigenvalue weighted by Gasteiger charge is -2.19. The lowest BCUT2D eigenvalue weighted by molar-refractivity contribution is -0.692. The fourth-order valence-corrected chi connectivity index (χ4v) is 5.42. The van der Waals surface area contributed by atoms with Crippen LogP contribution in [0.1, 0.15) is 21.9 Å². The minimum atomic E-state index is -4.17. The first-order valence-corrected chi connectivity index (χ1v) is 12.0. The smallest absolute Gasteiger partial charge is 0.315 e. The van der Waals surface area contributed by atoms with Gasteiger partial charge in [-0.05, 0) is 31.2 Å². The number of fused-ring (bicyclic) bond motifs is 1. The number of rotatable bonds is 5. The number of benzene rings is 1. The third-order valence-corrected chi connectivity index (χ3v) is 7.22. The molecular formula is C21H19Cl2FN5O3S+. The lowest BCUT2D eigenvalue weighted by Crippen LogP contribution is -2.45. The number of carbonyl (C=O) groups is 1. The summed E-state index contributed by atoms with van der Waals surface area (Å²) in [5.74, 6) is -1.12. The number of carbonyl (C=O) groups excluding carboxylic acids is 1. The van der Waals surface area contributed by atoms with Gasteiger partial charge in [0.05, 0.1) is 27.1 Å². The molecule has 0 bridgehead atoms. The van der Waals surface area contributed by atoms with Crippen molar-refractivity contribution < 1.29 is 22.2 Å². The summed E-state index contributed by atoms with van der Waals surface area (Å²) in [5.41, 5.74) is 1.15. The maximum Gasteiger partial charge on any atom is 0.315 e. The molecule has 0 saturated heterocycles. The quantitative estimate of drug-likeness (QED) is 0.513. The summed E-state index contributed by atoms with van der Waals surface area (Å²) >= 11 is 12.2. The summed E-state index contributed by atoms with van der Waals surface area (Å²) in [6.07, 6.45) is 1.33. The highest BCUT2D eigenvalue weighted by Gasteiger charge is 2.34. The van der Waals surface area contributed by atoms with Gasteiger partial charge in [-0.25, -0.2) is 12.8 Å². The van der Waals surface area contributed by atoms with E-state index in [2.05, 4.69) is 15.0 Å². The zero-order valence-electron chi connectivity index (χ0n) is 17.6. The van der Waals surface area contributed by atoms with Crippen LogP contribution < -0.4 is 19.5 Å². The Kier molecular flexibility index (Phi) is 6.17. The van der Waals surface area contributed by atoms with E-state index in [9.17, 15) is 13.2 Å². The highest BCUT2D eigenvalue weighted by Crippen LogP contribution is 2.36. The van der Waals surface area contributed by atoms with Gasteiger partial charge in [-0.1, -0.05) is 23.2 Å². The average molecular weight is 511 g/mol. The van der Waals surface area contributed by atoms with Crippen molar-refractivity contribution in [3.8, 4) is 0 Å². The monoisotopic (exact) mass is 510 g/mol. The van der Waals surface area contributed by atoms with Crippen LogP contribution in [-0.4, -0.2) is 26.4 Å². The van der Waals surface area contributed by atoms with Crippen LogP contribution in [0.15, 0.2) is 47.5 Å². The predicted molar refractivity (Wildman–Crippen MR) is 122 cm³/mol. The molecule has 1 aliphatic heterocycles. The van der Waals surface area contributed by atoms with Crippen LogP contribution in [0.3, 0.4) is 0 Å². The van der Waals surface area contributed by atoms with Gasteiger partial charge in [-0.3, -0.25) is 14.5 Å². The lowest BCUT2D eigenvalue weighted by atomic mass is 10.2. The molecule has 12 heteroatoms. The number of halogens is 3. The summed E-state index contributed by atoms with van der Waals surface area (Å²) in [6.45, 7) is 1.94. The van der Waals surface area contributed by atoms with Crippen molar-refractivity contribution >= 4 is 50.5 Å². The minimum Gasteiger partial charge on any atom is -0.350 e. The number of aromatic nitrogens is 2. The molecule has 0 aliphatic carbocycles. The fraction of sp³-hybridized carbons (Fsp3) is 0.190. The van der Waals surface area contributed by atoms with Gasteiger partial charge in [0.25, 0.3) is 15.7 Å². The van der Waals surface area contributed by atoms with E-state index < -0.39 is 15.8 Å². The Hall–Kier alpha value is -2.95. The van der Waals surface area contributed by atoms with Crippen LogP contribution in [0.4, 0.5) is 15.8 Å². The molecule has 0 radical (unpaired) electrons. The molecule has 4 rings (SSSR count). The molecule has 2 N–H and O–H groups in total. The maximum atomic E-state index is 15.6. The molecule has 1 aromatic carbocycles. The molecule has 0 unspecified atom stereocenters. The molecule has 1 amide bonds. The summed E-state index contributed by atoms with van der Waals surface area (Å²) in [7, 11) is -2.65. The number of hydrogen-bond acceptors (Lipinski definition) is 5. The van der Waals surface area contributed by atoms with Crippen molar-refractivity contribution in [3.63, 3.8) is 0 Å². The van der Waals surface area contributed by atoms with Gasteiger partial charge in [0.1, 0.15) is 11.4 Å². The number of anilines is 2. The van der Waals surface area contributed by atoms with Gasteiger partial charge >= 0.3 is 5.91 Å². The van der Waals surface area contributed by atoms with Gasteiger partial charge in [0.15, 0.2) is 5.82 Å². The van der Waals surface area contributed by atoms with Crippen molar-refractivity contribution in [2.45, 2.75) is 25.0 Å². The Labute approximate surface area is 200 Å². The normalized spacial score (nSPS) is 13.1. The Morgan fingerprint density at radius 2 is 2.00 bits per heavy atom. The van der Waals surface area contributed by atoms with Crippen LogP contribution in [-0.2, 0) is 23.2 Å². The second-order valence-corrected chi connectivity index (χ2v) is 9.84. The molecule has 3 aromatic rings. The van der Waals surface area contributed by atoms with Crippen molar-refractivity contribution in [1.82, 2.24) is 10.3 Å². The van der Waals surface area contributed by atoms with E-state index in [0.29, 0.717) is 5.69 Å². The Morgan fingerprint density at radius 1 is 1.24 bits per heavy atom. The van der Waals surface area contributed by atoms with E-state index >= 15 is 4.39 Å². The van der Waals surface area contributed by atoms with Crippen LogP contribution in [0, 0.1) is 12.7 Å². The van der Waals surface area contributed by atoms with Crippen molar-refractivity contribution in [2.24, 2.45) is 0 Å². The topological polar surface area (TPSA) is 95.3 Å². The third kappa shape index (κ3) is 4.33. The van der Waals surface area contributed by atoms with Crippen LogP contribution in [0.2, 0.25) is 10.0 Å².